The number of para-hydroxylation sites is 1. The van der Waals surface area contributed by atoms with Crippen molar-refractivity contribution in [1.29, 1.82) is 0 Å². The third-order valence-corrected chi connectivity index (χ3v) is 4.28. The average molecular weight is 454 g/mol. The lowest BCUT2D eigenvalue weighted by Crippen LogP contribution is -2.07. The molecule has 0 aliphatic carbocycles. The van der Waals surface area contributed by atoms with Gasteiger partial charge in [-0.2, -0.15) is 13.2 Å². The molecular weight excluding hydrogens is 443 g/mol. The van der Waals surface area contributed by atoms with Crippen molar-refractivity contribution >= 4 is 44.6 Å². The van der Waals surface area contributed by atoms with Gasteiger partial charge in [-0.3, -0.25) is 10.1 Å². The molecule has 1 heterocycles. The molecule has 0 spiro atoms. The standard InChI is InChI=1S/C17H11BrF3N5O2/c18-12-6-1-2-7-13(12)25-16-14(26(27)28)15(22-9-23-16)24-11-5-3-4-10(8-11)17(19,20)21/h1-9H,(H2,22,23,24,25). The van der Waals surface area contributed by atoms with E-state index in [4.69, 9.17) is 0 Å². The zero-order valence-corrected chi connectivity index (χ0v) is 15.5. The molecule has 0 fully saturated rings. The summed E-state index contributed by atoms with van der Waals surface area (Å²) in [4.78, 5) is 18.6. The number of hydrogen-bond acceptors (Lipinski definition) is 6. The van der Waals surface area contributed by atoms with Crippen LogP contribution in [0.15, 0.2) is 59.3 Å². The molecule has 2 aromatic carbocycles. The minimum Gasteiger partial charge on any atom is -0.334 e. The fraction of sp³-hybridized carbons (Fsp3) is 0.0588. The van der Waals surface area contributed by atoms with Gasteiger partial charge in [0.2, 0.25) is 11.6 Å². The lowest BCUT2D eigenvalue weighted by molar-refractivity contribution is -0.383. The van der Waals surface area contributed by atoms with Crippen molar-refractivity contribution in [3.63, 3.8) is 0 Å². The second-order valence-corrected chi connectivity index (χ2v) is 6.34. The van der Waals surface area contributed by atoms with Gasteiger partial charge in [-0.05, 0) is 46.3 Å². The van der Waals surface area contributed by atoms with E-state index in [1.807, 2.05) is 0 Å². The maximum Gasteiger partial charge on any atom is 0.416 e. The molecule has 11 heteroatoms. The van der Waals surface area contributed by atoms with Gasteiger partial charge >= 0.3 is 11.9 Å². The molecule has 0 aliphatic heterocycles. The summed E-state index contributed by atoms with van der Waals surface area (Å²) in [7, 11) is 0. The van der Waals surface area contributed by atoms with Crippen LogP contribution in [0.25, 0.3) is 0 Å². The van der Waals surface area contributed by atoms with Gasteiger partial charge in [0.25, 0.3) is 0 Å². The van der Waals surface area contributed by atoms with Gasteiger partial charge in [-0.25, -0.2) is 9.97 Å². The second-order valence-electron chi connectivity index (χ2n) is 5.49. The average Bonchev–Trinajstić information content (AvgIpc) is 2.63. The molecule has 7 nitrogen and oxygen atoms in total. The predicted octanol–water partition coefficient (Wildman–Crippen LogP) is 5.65. The number of nitro groups is 1. The highest BCUT2D eigenvalue weighted by Gasteiger charge is 2.31. The molecule has 3 rings (SSSR count). The van der Waals surface area contributed by atoms with E-state index in [1.165, 1.54) is 12.1 Å². The molecule has 0 amide bonds. The van der Waals surface area contributed by atoms with Crippen molar-refractivity contribution < 1.29 is 18.1 Å². The molecule has 0 saturated carbocycles. The first-order valence-corrected chi connectivity index (χ1v) is 8.50. The van der Waals surface area contributed by atoms with Gasteiger partial charge < -0.3 is 10.6 Å². The Bertz CT molecular complexity index is 1030. The van der Waals surface area contributed by atoms with Crippen LogP contribution >= 0.6 is 15.9 Å². The number of halogens is 4. The van der Waals surface area contributed by atoms with Gasteiger partial charge in [-0.15, -0.1) is 0 Å². The number of anilines is 4. The van der Waals surface area contributed by atoms with Crippen LogP contribution in [-0.2, 0) is 6.18 Å². The highest BCUT2D eigenvalue weighted by Crippen LogP contribution is 2.36. The van der Waals surface area contributed by atoms with Crippen LogP contribution in [-0.4, -0.2) is 14.9 Å². The number of rotatable bonds is 5. The molecular formula is C17H11BrF3N5O2. The summed E-state index contributed by atoms with van der Waals surface area (Å²) in [6.45, 7) is 0. The van der Waals surface area contributed by atoms with E-state index in [1.54, 1.807) is 24.3 Å². The smallest absolute Gasteiger partial charge is 0.334 e. The second kappa shape index (κ2) is 7.80. The molecule has 0 aliphatic rings. The zero-order valence-electron chi connectivity index (χ0n) is 13.9. The summed E-state index contributed by atoms with van der Waals surface area (Å²) in [5.74, 6) is -0.352. The van der Waals surface area contributed by atoms with Crippen LogP contribution in [0.2, 0.25) is 0 Å². The number of nitrogens with zero attached hydrogens (tertiary/aromatic N) is 3. The van der Waals surface area contributed by atoms with E-state index in [0.717, 1.165) is 18.5 Å². The van der Waals surface area contributed by atoms with Crippen LogP contribution in [0.4, 0.5) is 41.9 Å². The van der Waals surface area contributed by atoms with Gasteiger partial charge in [0.1, 0.15) is 6.33 Å². The number of nitrogens with one attached hydrogen (secondary N) is 2. The SMILES string of the molecule is O=[N+]([O-])c1c(Nc2cccc(C(F)(F)F)c2)ncnc1Nc1ccccc1Br. The Hall–Kier alpha value is -3.21. The number of alkyl halides is 3. The van der Waals surface area contributed by atoms with Crippen molar-refractivity contribution in [2.24, 2.45) is 0 Å². The molecule has 3 aromatic rings. The van der Waals surface area contributed by atoms with Crippen molar-refractivity contribution in [3.05, 3.63) is 75.0 Å². The zero-order chi connectivity index (χ0) is 20.3. The third-order valence-electron chi connectivity index (χ3n) is 3.58. The summed E-state index contributed by atoms with van der Waals surface area (Å²) < 4.78 is 39.3. The molecule has 0 saturated heterocycles. The van der Waals surface area contributed by atoms with Gasteiger partial charge in [0.05, 0.1) is 16.2 Å². The van der Waals surface area contributed by atoms with Crippen LogP contribution in [0.5, 0.6) is 0 Å². The normalized spacial score (nSPS) is 11.1. The van der Waals surface area contributed by atoms with E-state index < -0.39 is 22.4 Å². The van der Waals surface area contributed by atoms with Crippen molar-refractivity contribution in [1.82, 2.24) is 9.97 Å². The lowest BCUT2D eigenvalue weighted by Gasteiger charge is -2.12. The quantitative estimate of drug-likeness (QED) is 0.382. The maximum absolute atomic E-state index is 12.9. The summed E-state index contributed by atoms with van der Waals surface area (Å²) >= 11 is 3.32. The first kappa shape index (κ1) is 19.5. The monoisotopic (exact) mass is 453 g/mol. The van der Waals surface area contributed by atoms with Gasteiger partial charge in [0.15, 0.2) is 0 Å². The van der Waals surface area contributed by atoms with Crippen molar-refractivity contribution in [2.45, 2.75) is 6.18 Å². The fourth-order valence-electron chi connectivity index (χ4n) is 2.33. The van der Waals surface area contributed by atoms with Crippen molar-refractivity contribution in [2.75, 3.05) is 10.6 Å². The third kappa shape index (κ3) is 4.36. The van der Waals surface area contributed by atoms with Gasteiger partial charge in [-0.1, -0.05) is 18.2 Å². The summed E-state index contributed by atoms with van der Waals surface area (Å²) in [6.07, 6.45) is -3.47. The van der Waals surface area contributed by atoms with Crippen LogP contribution in [0.1, 0.15) is 5.56 Å². The molecule has 2 N–H and O–H groups in total. The highest BCUT2D eigenvalue weighted by atomic mass is 79.9. The summed E-state index contributed by atoms with van der Waals surface area (Å²) in [6, 6.07) is 11.2. The van der Waals surface area contributed by atoms with Crippen LogP contribution < -0.4 is 10.6 Å². The first-order valence-electron chi connectivity index (χ1n) is 7.71. The highest BCUT2D eigenvalue weighted by molar-refractivity contribution is 9.10. The molecule has 0 unspecified atom stereocenters. The topological polar surface area (TPSA) is 93.0 Å². The summed E-state index contributed by atoms with van der Waals surface area (Å²) in [5, 5.41) is 17.0. The van der Waals surface area contributed by atoms with E-state index in [-0.39, 0.29) is 17.3 Å². The van der Waals surface area contributed by atoms with E-state index in [9.17, 15) is 23.3 Å². The molecule has 0 bridgehead atoms. The fourth-order valence-corrected chi connectivity index (χ4v) is 2.72. The molecule has 0 atom stereocenters. The molecule has 0 radical (unpaired) electrons. The minimum absolute atomic E-state index is 0.00321. The number of benzene rings is 2. The van der Waals surface area contributed by atoms with E-state index in [2.05, 4.69) is 36.5 Å². The summed E-state index contributed by atoms with van der Waals surface area (Å²) in [5.41, 5.74) is -0.866. The number of aromatic nitrogens is 2. The Morgan fingerprint density at radius 2 is 1.68 bits per heavy atom. The Morgan fingerprint density at radius 3 is 2.32 bits per heavy atom. The Labute approximate surface area is 164 Å². The number of hydrogen-bond donors (Lipinski definition) is 2. The minimum atomic E-state index is -4.54. The van der Waals surface area contributed by atoms with E-state index >= 15 is 0 Å². The lowest BCUT2D eigenvalue weighted by atomic mass is 10.2. The Kier molecular flexibility index (Phi) is 5.45. The maximum atomic E-state index is 12.9. The van der Waals surface area contributed by atoms with Crippen LogP contribution in [0.3, 0.4) is 0 Å². The van der Waals surface area contributed by atoms with Crippen molar-refractivity contribution in [3.8, 4) is 0 Å². The van der Waals surface area contributed by atoms with E-state index in [0.29, 0.717) is 10.2 Å². The molecule has 1 aromatic heterocycles. The van der Waals surface area contributed by atoms with Crippen LogP contribution in [0, 0.1) is 10.1 Å². The predicted molar refractivity (Wildman–Crippen MR) is 101 cm³/mol. The largest absolute Gasteiger partial charge is 0.416 e. The Balaban J connectivity index is 1.98. The molecule has 28 heavy (non-hydrogen) atoms. The molecule has 144 valence electrons. The first-order chi connectivity index (χ1) is 13.3. The Morgan fingerprint density at radius 1 is 1.00 bits per heavy atom. The van der Waals surface area contributed by atoms with Gasteiger partial charge in [0, 0.05) is 10.2 Å².